The highest BCUT2D eigenvalue weighted by molar-refractivity contribution is 5.87. The van der Waals surface area contributed by atoms with Crippen molar-refractivity contribution in [3.63, 3.8) is 0 Å². The first-order valence-corrected chi connectivity index (χ1v) is 4.18. The van der Waals surface area contributed by atoms with Gasteiger partial charge in [-0.3, -0.25) is 4.79 Å². The van der Waals surface area contributed by atoms with Crippen LogP contribution >= 0.6 is 0 Å². The summed E-state index contributed by atoms with van der Waals surface area (Å²) in [4.78, 5) is 24.9. The number of nitrogens with two attached hydrogens (primary N) is 1. The lowest BCUT2D eigenvalue weighted by molar-refractivity contribution is -0.138. The van der Waals surface area contributed by atoms with Crippen LogP contribution in [0.3, 0.4) is 0 Å². The molecule has 0 aliphatic carbocycles. The maximum absolute atomic E-state index is 10.7. The van der Waals surface area contributed by atoms with Gasteiger partial charge in [-0.25, -0.2) is 9.78 Å². The van der Waals surface area contributed by atoms with E-state index in [0.29, 0.717) is 5.56 Å². The Morgan fingerprint density at radius 2 is 2.13 bits per heavy atom. The Balaban J connectivity index is 2.94. The van der Waals surface area contributed by atoms with Crippen molar-refractivity contribution >= 4 is 11.9 Å². The molecule has 0 aliphatic heterocycles. The van der Waals surface area contributed by atoms with Crippen LogP contribution in [0.2, 0.25) is 0 Å². The lowest BCUT2D eigenvalue weighted by Gasteiger charge is -2.07. The maximum atomic E-state index is 10.7. The molecule has 0 saturated carbocycles. The summed E-state index contributed by atoms with van der Waals surface area (Å²) in [6.07, 6.45) is 1.28. The van der Waals surface area contributed by atoms with Crippen molar-refractivity contribution in [3.8, 4) is 0 Å². The van der Waals surface area contributed by atoms with Crippen molar-refractivity contribution in [1.29, 1.82) is 0 Å². The first kappa shape index (κ1) is 11.1. The average molecular weight is 210 g/mol. The molecule has 1 aromatic heterocycles. The van der Waals surface area contributed by atoms with Gasteiger partial charge >= 0.3 is 11.9 Å². The van der Waals surface area contributed by atoms with Crippen LogP contribution in [0.25, 0.3) is 0 Å². The summed E-state index contributed by atoms with van der Waals surface area (Å²) in [6, 6.07) is 1.92. The number of hydrogen-bond donors (Lipinski definition) is 3. The molecule has 4 N–H and O–H groups in total. The van der Waals surface area contributed by atoms with Gasteiger partial charge in [0.15, 0.2) is 5.69 Å². The van der Waals surface area contributed by atoms with Gasteiger partial charge in [-0.2, -0.15) is 0 Å². The van der Waals surface area contributed by atoms with E-state index in [9.17, 15) is 9.59 Å². The summed E-state index contributed by atoms with van der Waals surface area (Å²) >= 11 is 0. The van der Waals surface area contributed by atoms with Crippen molar-refractivity contribution in [1.82, 2.24) is 4.98 Å². The lowest BCUT2D eigenvalue weighted by Crippen LogP contribution is -2.32. The molecule has 0 bridgehead atoms. The van der Waals surface area contributed by atoms with Crippen LogP contribution in [0.4, 0.5) is 0 Å². The number of carbonyl (C=O) groups is 2. The molecule has 6 heteroatoms. The first-order valence-electron chi connectivity index (χ1n) is 4.18. The van der Waals surface area contributed by atoms with Gasteiger partial charge in [0.2, 0.25) is 0 Å². The minimum atomic E-state index is -1.19. The fourth-order valence-corrected chi connectivity index (χ4v) is 1.12. The maximum Gasteiger partial charge on any atom is 0.354 e. The van der Waals surface area contributed by atoms with Gasteiger partial charge < -0.3 is 15.9 Å². The van der Waals surface area contributed by atoms with Gasteiger partial charge in [-0.15, -0.1) is 0 Å². The standard InChI is InChI=1S/C9H10N2O4/c10-6(8(12)13)4-5-2-1-3-11-7(5)9(14)15/h1-3,6H,4,10H2,(H,12,13)(H,14,15). The Morgan fingerprint density at radius 3 is 2.67 bits per heavy atom. The quantitative estimate of drug-likeness (QED) is 0.630. The molecule has 80 valence electrons. The van der Waals surface area contributed by atoms with Crippen molar-refractivity contribution in [2.75, 3.05) is 0 Å². The Hall–Kier alpha value is -1.95. The second-order valence-electron chi connectivity index (χ2n) is 2.97. The van der Waals surface area contributed by atoms with Crippen LogP contribution in [0.15, 0.2) is 18.3 Å². The van der Waals surface area contributed by atoms with E-state index in [4.69, 9.17) is 15.9 Å². The van der Waals surface area contributed by atoms with Gasteiger partial charge in [0.25, 0.3) is 0 Å². The lowest BCUT2D eigenvalue weighted by atomic mass is 10.1. The Bertz CT molecular complexity index is 391. The third kappa shape index (κ3) is 2.75. The van der Waals surface area contributed by atoms with Crippen LogP contribution in [0.1, 0.15) is 16.1 Å². The van der Waals surface area contributed by atoms with Crippen molar-refractivity contribution in [2.45, 2.75) is 12.5 Å². The van der Waals surface area contributed by atoms with E-state index in [0.717, 1.165) is 0 Å². The van der Waals surface area contributed by atoms with E-state index in [2.05, 4.69) is 4.98 Å². The second-order valence-corrected chi connectivity index (χ2v) is 2.97. The van der Waals surface area contributed by atoms with Gasteiger partial charge in [0, 0.05) is 12.6 Å². The summed E-state index contributed by atoms with van der Waals surface area (Å²) in [5.41, 5.74) is 5.46. The fourth-order valence-electron chi connectivity index (χ4n) is 1.12. The number of rotatable bonds is 4. The number of hydrogen-bond acceptors (Lipinski definition) is 4. The summed E-state index contributed by atoms with van der Waals surface area (Å²) in [5.74, 6) is -2.36. The fraction of sp³-hybridized carbons (Fsp3) is 0.222. The van der Waals surface area contributed by atoms with E-state index in [-0.39, 0.29) is 12.1 Å². The number of aromatic carboxylic acids is 1. The van der Waals surface area contributed by atoms with Gasteiger partial charge in [-0.05, 0) is 11.6 Å². The van der Waals surface area contributed by atoms with Crippen LogP contribution in [0, 0.1) is 0 Å². The minimum Gasteiger partial charge on any atom is -0.480 e. The van der Waals surface area contributed by atoms with E-state index >= 15 is 0 Å². The van der Waals surface area contributed by atoms with E-state index in [1.54, 1.807) is 0 Å². The van der Waals surface area contributed by atoms with Crippen molar-refractivity contribution in [3.05, 3.63) is 29.6 Å². The predicted molar refractivity (Wildman–Crippen MR) is 50.5 cm³/mol. The predicted octanol–water partition coefficient (Wildman–Crippen LogP) is -0.266. The van der Waals surface area contributed by atoms with Crippen LogP contribution in [-0.2, 0) is 11.2 Å². The molecular weight excluding hydrogens is 200 g/mol. The average Bonchev–Trinajstić information content (AvgIpc) is 2.18. The SMILES string of the molecule is NC(Cc1cccnc1C(=O)O)C(=O)O. The molecule has 6 nitrogen and oxygen atoms in total. The second kappa shape index (κ2) is 4.52. The zero-order valence-electron chi connectivity index (χ0n) is 7.75. The summed E-state index contributed by atoms with van der Waals surface area (Å²) in [6.45, 7) is 0. The van der Waals surface area contributed by atoms with Crippen molar-refractivity contribution < 1.29 is 19.8 Å². The minimum absolute atomic E-state index is 0.0508. The molecule has 1 heterocycles. The van der Waals surface area contributed by atoms with Crippen LogP contribution in [0.5, 0.6) is 0 Å². The normalized spacial score (nSPS) is 12.1. The highest BCUT2D eigenvalue weighted by Crippen LogP contribution is 2.07. The highest BCUT2D eigenvalue weighted by atomic mass is 16.4. The molecule has 1 aromatic rings. The zero-order chi connectivity index (χ0) is 11.4. The Morgan fingerprint density at radius 1 is 1.47 bits per heavy atom. The monoisotopic (exact) mass is 210 g/mol. The summed E-state index contributed by atoms with van der Waals surface area (Å²) in [7, 11) is 0. The van der Waals surface area contributed by atoms with Crippen molar-refractivity contribution in [2.24, 2.45) is 5.73 Å². The number of pyridine rings is 1. The summed E-state index contributed by atoms with van der Waals surface area (Å²) in [5, 5.41) is 17.3. The Labute approximate surface area is 85.4 Å². The number of nitrogens with zero attached hydrogens (tertiary/aromatic N) is 1. The zero-order valence-corrected chi connectivity index (χ0v) is 7.75. The van der Waals surface area contributed by atoms with E-state index < -0.39 is 18.0 Å². The molecule has 0 radical (unpaired) electrons. The van der Waals surface area contributed by atoms with E-state index in [1.165, 1.54) is 18.3 Å². The Kier molecular flexibility index (Phi) is 3.35. The number of carboxylic acid groups (broad SMARTS) is 2. The van der Waals surface area contributed by atoms with E-state index in [1.807, 2.05) is 0 Å². The largest absolute Gasteiger partial charge is 0.480 e. The van der Waals surface area contributed by atoms with Gasteiger partial charge in [-0.1, -0.05) is 6.07 Å². The molecule has 0 saturated heterocycles. The molecule has 1 unspecified atom stereocenters. The first-order chi connectivity index (χ1) is 7.02. The third-order valence-electron chi connectivity index (χ3n) is 1.85. The number of carboxylic acids is 2. The molecule has 15 heavy (non-hydrogen) atoms. The molecule has 0 fully saturated rings. The number of aliphatic carboxylic acids is 1. The molecule has 1 rings (SSSR count). The molecule has 0 spiro atoms. The van der Waals surface area contributed by atoms with Gasteiger partial charge in [0.05, 0.1) is 0 Å². The number of aromatic nitrogens is 1. The summed E-state index contributed by atoms with van der Waals surface area (Å²) < 4.78 is 0. The third-order valence-corrected chi connectivity index (χ3v) is 1.85. The molecule has 0 aromatic carbocycles. The molecule has 0 aliphatic rings. The smallest absolute Gasteiger partial charge is 0.354 e. The molecule has 0 amide bonds. The van der Waals surface area contributed by atoms with Crippen LogP contribution < -0.4 is 5.73 Å². The molecular formula is C9H10N2O4. The topological polar surface area (TPSA) is 114 Å². The highest BCUT2D eigenvalue weighted by Gasteiger charge is 2.17. The molecule has 1 atom stereocenters. The van der Waals surface area contributed by atoms with Crippen LogP contribution in [-0.4, -0.2) is 33.2 Å². The van der Waals surface area contributed by atoms with Gasteiger partial charge in [0.1, 0.15) is 6.04 Å².